The number of thioether (sulfide) groups is 1. The van der Waals surface area contributed by atoms with Crippen LogP contribution < -0.4 is 10.9 Å². The Hall–Kier alpha value is -2.90. The van der Waals surface area contributed by atoms with Crippen molar-refractivity contribution in [2.24, 2.45) is 0 Å². The summed E-state index contributed by atoms with van der Waals surface area (Å²) in [6, 6.07) is 21.6. The number of benzene rings is 2. The summed E-state index contributed by atoms with van der Waals surface area (Å²) >= 11 is 2.95. The highest BCUT2D eigenvalue weighted by atomic mass is 32.2. The maximum absolute atomic E-state index is 13.2. The standard InChI is InChI=1S/C25H25N3O2S2/c1-18(23(29)26-17-20-12-8-16-31-20)32-25-27-22-14-6-5-13-21(22)24(30)28(25)15-7-11-19-9-3-2-4-10-19/h2-6,8-10,12-14,16,18H,7,11,15,17H2,1H3,(H,26,29). The summed E-state index contributed by atoms with van der Waals surface area (Å²) in [4.78, 5) is 31.7. The Balaban J connectivity index is 1.52. The molecule has 0 fully saturated rings. The van der Waals surface area contributed by atoms with Gasteiger partial charge in [-0.05, 0) is 48.9 Å². The van der Waals surface area contributed by atoms with Crippen LogP contribution in [-0.4, -0.2) is 20.7 Å². The smallest absolute Gasteiger partial charge is 0.262 e. The molecule has 0 aliphatic rings. The summed E-state index contributed by atoms with van der Waals surface area (Å²) in [7, 11) is 0. The van der Waals surface area contributed by atoms with Gasteiger partial charge in [-0.25, -0.2) is 4.98 Å². The van der Waals surface area contributed by atoms with Gasteiger partial charge in [-0.3, -0.25) is 14.2 Å². The summed E-state index contributed by atoms with van der Waals surface area (Å²) in [5, 5.41) is 5.78. The SMILES string of the molecule is CC(Sc1nc2ccccc2c(=O)n1CCCc1ccccc1)C(=O)NCc1cccs1. The van der Waals surface area contributed by atoms with Gasteiger partial charge in [0.25, 0.3) is 5.56 Å². The zero-order valence-electron chi connectivity index (χ0n) is 17.9. The predicted octanol–water partition coefficient (Wildman–Crippen LogP) is 4.89. The Kier molecular flexibility index (Phi) is 7.39. The summed E-state index contributed by atoms with van der Waals surface area (Å²) < 4.78 is 1.72. The van der Waals surface area contributed by atoms with Gasteiger partial charge in [0.2, 0.25) is 5.91 Å². The molecule has 1 unspecified atom stereocenters. The molecule has 1 N–H and O–H groups in total. The van der Waals surface area contributed by atoms with Crippen LogP contribution in [0.4, 0.5) is 0 Å². The number of nitrogens with zero attached hydrogens (tertiary/aromatic N) is 2. The molecular formula is C25H25N3O2S2. The van der Waals surface area contributed by atoms with Gasteiger partial charge in [-0.15, -0.1) is 11.3 Å². The number of aryl methyl sites for hydroxylation is 1. The Labute approximate surface area is 195 Å². The van der Waals surface area contributed by atoms with Crippen molar-refractivity contribution in [3.05, 3.63) is 92.9 Å². The lowest BCUT2D eigenvalue weighted by Crippen LogP contribution is -2.31. The highest BCUT2D eigenvalue weighted by molar-refractivity contribution is 8.00. The van der Waals surface area contributed by atoms with Crippen LogP contribution in [0.5, 0.6) is 0 Å². The molecular weight excluding hydrogens is 438 g/mol. The summed E-state index contributed by atoms with van der Waals surface area (Å²) in [5.41, 5.74) is 1.84. The fraction of sp³-hybridized carbons (Fsp3) is 0.240. The number of thiophene rings is 1. The van der Waals surface area contributed by atoms with Crippen LogP contribution in [0.1, 0.15) is 23.8 Å². The van der Waals surface area contributed by atoms with Gasteiger partial charge in [0, 0.05) is 11.4 Å². The van der Waals surface area contributed by atoms with E-state index in [0.29, 0.717) is 29.1 Å². The molecule has 5 nitrogen and oxygen atoms in total. The molecule has 0 aliphatic carbocycles. The zero-order valence-corrected chi connectivity index (χ0v) is 19.5. The number of para-hydroxylation sites is 1. The number of nitrogens with one attached hydrogen (secondary N) is 1. The lowest BCUT2D eigenvalue weighted by Gasteiger charge is -2.16. The number of hydrogen-bond acceptors (Lipinski definition) is 5. The van der Waals surface area contributed by atoms with E-state index in [-0.39, 0.29) is 16.7 Å². The molecule has 1 atom stereocenters. The minimum Gasteiger partial charge on any atom is -0.350 e. The van der Waals surface area contributed by atoms with Crippen LogP contribution in [0.15, 0.2) is 82.1 Å². The molecule has 2 aromatic carbocycles. The molecule has 0 saturated heterocycles. The van der Waals surface area contributed by atoms with Crippen LogP contribution in [0, 0.1) is 0 Å². The molecule has 0 aliphatic heterocycles. The molecule has 0 spiro atoms. The Morgan fingerprint density at radius 1 is 1.09 bits per heavy atom. The van der Waals surface area contributed by atoms with E-state index in [0.717, 1.165) is 17.7 Å². The third-order valence-electron chi connectivity index (χ3n) is 5.18. The lowest BCUT2D eigenvalue weighted by atomic mass is 10.1. The van der Waals surface area contributed by atoms with Crippen LogP contribution >= 0.6 is 23.1 Å². The van der Waals surface area contributed by atoms with E-state index in [1.54, 1.807) is 15.9 Å². The van der Waals surface area contributed by atoms with Crippen molar-refractivity contribution in [3.8, 4) is 0 Å². The Morgan fingerprint density at radius 2 is 1.88 bits per heavy atom. The average Bonchev–Trinajstić information content (AvgIpc) is 3.34. The highest BCUT2D eigenvalue weighted by Gasteiger charge is 2.19. The van der Waals surface area contributed by atoms with Crippen LogP contribution in [-0.2, 0) is 24.3 Å². The van der Waals surface area contributed by atoms with Crippen molar-refractivity contribution >= 4 is 39.9 Å². The Bertz CT molecular complexity index is 1240. The van der Waals surface area contributed by atoms with Crippen molar-refractivity contribution in [3.63, 3.8) is 0 Å². The summed E-state index contributed by atoms with van der Waals surface area (Å²) in [5.74, 6) is -0.0679. The van der Waals surface area contributed by atoms with Crippen LogP contribution in [0.25, 0.3) is 10.9 Å². The zero-order chi connectivity index (χ0) is 22.3. The van der Waals surface area contributed by atoms with Crippen LogP contribution in [0.3, 0.4) is 0 Å². The lowest BCUT2D eigenvalue weighted by molar-refractivity contribution is -0.120. The van der Waals surface area contributed by atoms with Gasteiger partial charge in [0.1, 0.15) is 0 Å². The van der Waals surface area contributed by atoms with E-state index in [4.69, 9.17) is 4.98 Å². The van der Waals surface area contributed by atoms with Crippen molar-refractivity contribution < 1.29 is 4.79 Å². The van der Waals surface area contributed by atoms with E-state index < -0.39 is 0 Å². The maximum atomic E-state index is 13.2. The predicted molar refractivity (Wildman–Crippen MR) is 132 cm³/mol. The topological polar surface area (TPSA) is 64.0 Å². The normalized spacial score (nSPS) is 12.0. The van der Waals surface area contributed by atoms with E-state index in [9.17, 15) is 9.59 Å². The first-order valence-electron chi connectivity index (χ1n) is 10.6. The molecule has 7 heteroatoms. The molecule has 4 rings (SSSR count). The largest absolute Gasteiger partial charge is 0.350 e. The number of rotatable bonds is 9. The molecule has 2 heterocycles. The number of aromatic nitrogens is 2. The van der Waals surface area contributed by atoms with E-state index >= 15 is 0 Å². The highest BCUT2D eigenvalue weighted by Crippen LogP contribution is 2.23. The van der Waals surface area contributed by atoms with Gasteiger partial charge >= 0.3 is 0 Å². The fourth-order valence-electron chi connectivity index (χ4n) is 3.46. The number of fused-ring (bicyclic) bond motifs is 1. The second-order valence-corrected chi connectivity index (χ2v) is 9.85. The van der Waals surface area contributed by atoms with Crippen molar-refractivity contribution in [1.29, 1.82) is 0 Å². The van der Waals surface area contributed by atoms with Crippen LogP contribution in [0.2, 0.25) is 0 Å². The number of carbonyl (C=O) groups is 1. The third kappa shape index (κ3) is 5.47. The van der Waals surface area contributed by atoms with Crippen molar-refractivity contribution in [2.45, 2.75) is 43.3 Å². The molecule has 4 aromatic rings. The van der Waals surface area contributed by atoms with E-state index in [2.05, 4.69) is 17.4 Å². The van der Waals surface area contributed by atoms with Crippen molar-refractivity contribution in [1.82, 2.24) is 14.9 Å². The first-order valence-corrected chi connectivity index (χ1v) is 12.4. The summed E-state index contributed by atoms with van der Waals surface area (Å²) in [6.07, 6.45) is 1.69. The second-order valence-electron chi connectivity index (χ2n) is 7.51. The van der Waals surface area contributed by atoms with Crippen molar-refractivity contribution in [2.75, 3.05) is 0 Å². The number of amides is 1. The quantitative estimate of drug-likeness (QED) is 0.284. The molecule has 0 bridgehead atoms. The van der Waals surface area contributed by atoms with Gasteiger partial charge in [-0.2, -0.15) is 0 Å². The maximum Gasteiger partial charge on any atom is 0.262 e. The first-order chi connectivity index (χ1) is 15.6. The van der Waals surface area contributed by atoms with Gasteiger partial charge in [0.05, 0.1) is 22.7 Å². The van der Waals surface area contributed by atoms with E-state index in [1.165, 1.54) is 17.3 Å². The van der Waals surface area contributed by atoms with Gasteiger partial charge in [0.15, 0.2) is 5.16 Å². The molecule has 0 radical (unpaired) electrons. The molecule has 2 aromatic heterocycles. The minimum atomic E-state index is -0.372. The first kappa shape index (κ1) is 22.3. The monoisotopic (exact) mass is 463 g/mol. The summed E-state index contributed by atoms with van der Waals surface area (Å²) in [6.45, 7) is 2.91. The number of carbonyl (C=O) groups excluding carboxylic acids is 1. The molecule has 32 heavy (non-hydrogen) atoms. The average molecular weight is 464 g/mol. The molecule has 0 saturated carbocycles. The molecule has 164 valence electrons. The van der Waals surface area contributed by atoms with E-state index in [1.807, 2.05) is 66.9 Å². The Morgan fingerprint density at radius 3 is 2.66 bits per heavy atom. The second kappa shape index (κ2) is 10.6. The minimum absolute atomic E-state index is 0.0580. The fourth-order valence-corrected chi connectivity index (χ4v) is 5.07. The number of hydrogen-bond donors (Lipinski definition) is 1. The van der Waals surface area contributed by atoms with Gasteiger partial charge in [-0.1, -0.05) is 60.3 Å². The third-order valence-corrected chi connectivity index (χ3v) is 7.15. The van der Waals surface area contributed by atoms with Gasteiger partial charge < -0.3 is 5.32 Å². The molecule has 1 amide bonds.